The molecule has 134 valence electrons. The molecular weight excluding hydrogens is 318 g/mol. The van der Waals surface area contributed by atoms with Gasteiger partial charge in [0.2, 0.25) is 5.91 Å². The number of aromatic nitrogens is 2. The molecule has 1 saturated carbocycles. The third-order valence-electron chi connectivity index (χ3n) is 4.96. The summed E-state index contributed by atoms with van der Waals surface area (Å²) in [6, 6.07) is 7.17. The predicted molar refractivity (Wildman–Crippen MR) is 96.3 cm³/mol. The molecule has 1 amide bonds. The van der Waals surface area contributed by atoms with Crippen molar-refractivity contribution in [2.45, 2.75) is 57.1 Å². The SMILES string of the molecule is O=C(CCn1cnc2ccccc2c1=O)NCC1(O)CCCCCC1. The summed E-state index contributed by atoms with van der Waals surface area (Å²) in [7, 11) is 0. The molecule has 25 heavy (non-hydrogen) atoms. The minimum atomic E-state index is -0.784. The Hall–Kier alpha value is -2.21. The number of benzene rings is 1. The van der Waals surface area contributed by atoms with Crippen molar-refractivity contribution in [3.8, 4) is 0 Å². The number of fused-ring (bicyclic) bond motifs is 1. The number of rotatable bonds is 5. The van der Waals surface area contributed by atoms with E-state index in [1.165, 1.54) is 10.9 Å². The number of amides is 1. The van der Waals surface area contributed by atoms with Crippen molar-refractivity contribution in [1.82, 2.24) is 14.9 Å². The van der Waals surface area contributed by atoms with Gasteiger partial charge in [-0.1, -0.05) is 37.8 Å². The molecule has 6 nitrogen and oxygen atoms in total. The molecule has 1 fully saturated rings. The molecule has 2 aromatic rings. The Bertz CT molecular complexity index is 792. The van der Waals surface area contributed by atoms with E-state index >= 15 is 0 Å². The van der Waals surface area contributed by atoms with Crippen molar-refractivity contribution in [2.24, 2.45) is 0 Å². The molecule has 1 aromatic carbocycles. The summed E-state index contributed by atoms with van der Waals surface area (Å²) in [5.41, 5.74) is -0.266. The van der Waals surface area contributed by atoms with E-state index < -0.39 is 5.60 Å². The van der Waals surface area contributed by atoms with Gasteiger partial charge in [0.05, 0.1) is 22.8 Å². The maximum atomic E-state index is 12.4. The molecular formula is C19H25N3O3. The van der Waals surface area contributed by atoms with Crippen molar-refractivity contribution in [1.29, 1.82) is 0 Å². The first kappa shape index (κ1) is 17.6. The van der Waals surface area contributed by atoms with Gasteiger partial charge in [-0.05, 0) is 25.0 Å². The van der Waals surface area contributed by atoms with Crippen molar-refractivity contribution < 1.29 is 9.90 Å². The molecule has 0 radical (unpaired) electrons. The van der Waals surface area contributed by atoms with Gasteiger partial charge < -0.3 is 10.4 Å². The Morgan fingerprint density at radius 1 is 1.20 bits per heavy atom. The first-order valence-corrected chi connectivity index (χ1v) is 9.01. The topological polar surface area (TPSA) is 84.2 Å². The zero-order chi connectivity index (χ0) is 17.7. The van der Waals surface area contributed by atoms with Gasteiger partial charge in [0, 0.05) is 19.5 Å². The summed E-state index contributed by atoms with van der Waals surface area (Å²) in [4.78, 5) is 28.7. The van der Waals surface area contributed by atoms with Gasteiger partial charge in [-0.15, -0.1) is 0 Å². The highest BCUT2D eigenvalue weighted by molar-refractivity contribution is 5.77. The molecule has 2 N–H and O–H groups in total. The highest BCUT2D eigenvalue weighted by atomic mass is 16.3. The average Bonchev–Trinajstić information content (AvgIpc) is 2.85. The molecule has 1 aliphatic rings. The van der Waals surface area contributed by atoms with Crippen molar-refractivity contribution in [2.75, 3.05) is 6.54 Å². The van der Waals surface area contributed by atoms with Gasteiger partial charge in [0.25, 0.3) is 5.56 Å². The summed E-state index contributed by atoms with van der Waals surface area (Å²) in [6.07, 6.45) is 7.45. The maximum Gasteiger partial charge on any atom is 0.261 e. The van der Waals surface area contributed by atoms with E-state index in [2.05, 4.69) is 10.3 Å². The minimum absolute atomic E-state index is 0.138. The van der Waals surface area contributed by atoms with Gasteiger partial charge in [0.15, 0.2) is 0 Å². The van der Waals surface area contributed by atoms with Crippen molar-refractivity contribution in [3.05, 3.63) is 40.9 Å². The number of para-hydroxylation sites is 1. The highest BCUT2D eigenvalue weighted by Crippen LogP contribution is 2.26. The fourth-order valence-corrected chi connectivity index (χ4v) is 3.40. The van der Waals surface area contributed by atoms with Crippen LogP contribution in [0.15, 0.2) is 35.4 Å². The summed E-state index contributed by atoms with van der Waals surface area (Å²) in [6.45, 7) is 0.567. The molecule has 0 unspecified atom stereocenters. The van der Waals surface area contributed by atoms with Crippen LogP contribution in [-0.4, -0.2) is 32.7 Å². The zero-order valence-corrected chi connectivity index (χ0v) is 14.4. The second kappa shape index (κ2) is 7.78. The molecule has 0 bridgehead atoms. The normalized spacial score (nSPS) is 17.2. The van der Waals surface area contributed by atoms with Gasteiger partial charge in [-0.25, -0.2) is 4.98 Å². The Morgan fingerprint density at radius 3 is 2.68 bits per heavy atom. The van der Waals surface area contributed by atoms with Crippen LogP contribution in [0.2, 0.25) is 0 Å². The molecule has 6 heteroatoms. The van der Waals surface area contributed by atoms with Crippen LogP contribution in [0.25, 0.3) is 10.9 Å². The molecule has 3 rings (SSSR count). The quantitative estimate of drug-likeness (QED) is 0.813. The van der Waals surface area contributed by atoms with Crippen LogP contribution >= 0.6 is 0 Å². The van der Waals surface area contributed by atoms with Gasteiger partial charge in [0.1, 0.15) is 0 Å². The summed E-state index contributed by atoms with van der Waals surface area (Å²) in [5, 5.41) is 13.9. The number of aliphatic hydroxyl groups is 1. The first-order valence-electron chi connectivity index (χ1n) is 9.01. The second-order valence-corrected chi connectivity index (χ2v) is 6.93. The zero-order valence-electron chi connectivity index (χ0n) is 14.4. The molecule has 1 aliphatic carbocycles. The van der Waals surface area contributed by atoms with Crippen LogP contribution < -0.4 is 10.9 Å². The molecule has 0 saturated heterocycles. The number of nitrogens with zero attached hydrogens (tertiary/aromatic N) is 2. The number of hydrogen-bond acceptors (Lipinski definition) is 4. The lowest BCUT2D eigenvalue weighted by Crippen LogP contribution is -2.42. The van der Waals surface area contributed by atoms with E-state index in [0.717, 1.165) is 38.5 Å². The average molecular weight is 343 g/mol. The molecule has 0 spiro atoms. The second-order valence-electron chi connectivity index (χ2n) is 6.93. The van der Waals surface area contributed by atoms with Crippen LogP contribution in [0.4, 0.5) is 0 Å². The van der Waals surface area contributed by atoms with Crippen LogP contribution in [0, 0.1) is 0 Å². The van der Waals surface area contributed by atoms with Crippen molar-refractivity contribution >= 4 is 16.8 Å². The van der Waals surface area contributed by atoms with E-state index in [0.29, 0.717) is 10.9 Å². The molecule has 1 heterocycles. The van der Waals surface area contributed by atoms with Crippen LogP contribution in [0.1, 0.15) is 44.9 Å². The lowest BCUT2D eigenvalue weighted by atomic mass is 9.94. The number of hydrogen-bond donors (Lipinski definition) is 2. The maximum absolute atomic E-state index is 12.4. The first-order chi connectivity index (χ1) is 12.1. The lowest BCUT2D eigenvalue weighted by molar-refractivity contribution is -0.122. The van der Waals surface area contributed by atoms with E-state index in [4.69, 9.17) is 0 Å². The number of carbonyl (C=O) groups is 1. The van der Waals surface area contributed by atoms with Crippen LogP contribution in [-0.2, 0) is 11.3 Å². The van der Waals surface area contributed by atoms with Crippen LogP contribution in [0.5, 0.6) is 0 Å². The van der Waals surface area contributed by atoms with Crippen LogP contribution in [0.3, 0.4) is 0 Å². The monoisotopic (exact) mass is 343 g/mol. The number of nitrogens with one attached hydrogen (secondary N) is 1. The van der Waals surface area contributed by atoms with Gasteiger partial charge in [-0.2, -0.15) is 0 Å². The Labute approximate surface area is 146 Å². The van der Waals surface area contributed by atoms with Gasteiger partial charge >= 0.3 is 0 Å². The largest absolute Gasteiger partial charge is 0.388 e. The molecule has 0 atom stereocenters. The fraction of sp³-hybridized carbons (Fsp3) is 0.526. The minimum Gasteiger partial charge on any atom is -0.388 e. The number of aryl methyl sites for hydroxylation is 1. The Balaban J connectivity index is 1.55. The summed E-state index contributed by atoms with van der Waals surface area (Å²) < 4.78 is 1.46. The predicted octanol–water partition coefficient (Wildman–Crippen LogP) is 1.99. The third-order valence-corrected chi connectivity index (χ3v) is 4.96. The van der Waals surface area contributed by atoms with Crippen molar-refractivity contribution in [3.63, 3.8) is 0 Å². The fourth-order valence-electron chi connectivity index (χ4n) is 3.40. The summed E-state index contributed by atoms with van der Waals surface area (Å²) >= 11 is 0. The van der Waals surface area contributed by atoms with Gasteiger partial charge in [-0.3, -0.25) is 14.2 Å². The number of carbonyl (C=O) groups excluding carboxylic acids is 1. The molecule has 0 aliphatic heterocycles. The summed E-state index contributed by atoms with van der Waals surface area (Å²) in [5.74, 6) is -0.155. The smallest absolute Gasteiger partial charge is 0.261 e. The van der Waals surface area contributed by atoms with E-state index in [1.807, 2.05) is 6.07 Å². The van der Waals surface area contributed by atoms with E-state index in [-0.39, 0.29) is 31.0 Å². The highest BCUT2D eigenvalue weighted by Gasteiger charge is 2.28. The van der Waals surface area contributed by atoms with E-state index in [1.54, 1.807) is 18.2 Å². The third kappa shape index (κ3) is 4.45. The Morgan fingerprint density at radius 2 is 1.92 bits per heavy atom. The van der Waals surface area contributed by atoms with E-state index in [9.17, 15) is 14.7 Å². The standard InChI is InChI=1S/C19H25N3O3/c23-17(20-13-19(25)10-5-1-2-6-11-19)9-12-22-14-21-16-8-4-3-7-15(16)18(22)24/h3-4,7-8,14,25H,1-2,5-6,9-13H2,(H,20,23). The molecule has 1 aromatic heterocycles. The Kier molecular flexibility index (Phi) is 5.48. The lowest BCUT2D eigenvalue weighted by Gasteiger charge is -2.26.